The normalized spacial score (nSPS) is 29.3. The topological polar surface area (TPSA) is 38.3 Å². The van der Waals surface area contributed by atoms with Crippen LogP contribution in [0.25, 0.3) is 0 Å². The minimum atomic E-state index is -5.02. The Morgan fingerprint density at radius 2 is 2.05 bits per heavy atom. The van der Waals surface area contributed by atoms with Gasteiger partial charge < -0.3 is 10.1 Å². The van der Waals surface area contributed by atoms with Crippen molar-refractivity contribution >= 4 is 17.5 Å². The highest BCUT2D eigenvalue weighted by Gasteiger charge is 2.70. The average Bonchev–Trinajstić information content (AvgIpc) is 2.43. The van der Waals surface area contributed by atoms with Crippen LogP contribution in [-0.2, 0) is 15.1 Å². The van der Waals surface area contributed by atoms with Crippen LogP contribution in [0.3, 0.4) is 0 Å². The number of aryl methyl sites for hydroxylation is 1. The first-order valence-electron chi connectivity index (χ1n) is 6.54. The Kier molecular flexibility index (Phi) is 4.16. The molecule has 2 atom stereocenters. The smallest absolute Gasteiger partial charge is 0.340 e. The second-order valence-electron chi connectivity index (χ2n) is 5.17. The first-order chi connectivity index (χ1) is 10.1. The maximum absolute atomic E-state index is 14.2. The van der Waals surface area contributed by atoms with Gasteiger partial charge in [0.15, 0.2) is 0 Å². The molecule has 1 aromatic carbocycles. The highest BCUT2D eigenvalue weighted by atomic mass is 35.5. The molecule has 0 spiro atoms. The fraction of sp³-hybridized carbons (Fsp3) is 0.500. The van der Waals surface area contributed by atoms with Crippen LogP contribution in [0.2, 0.25) is 0 Å². The predicted molar refractivity (Wildman–Crippen MR) is 71.8 cm³/mol. The summed E-state index contributed by atoms with van der Waals surface area (Å²) in [5.41, 5.74) is -2.07. The lowest BCUT2D eigenvalue weighted by molar-refractivity contribution is -0.277. The predicted octanol–water partition coefficient (Wildman–Crippen LogP) is 3.38. The van der Waals surface area contributed by atoms with Crippen LogP contribution < -0.4 is 5.32 Å². The van der Waals surface area contributed by atoms with Crippen LogP contribution in [0.4, 0.5) is 17.6 Å². The standard InChI is InChI=1S/C14H14ClF4NO2/c1-3-12(9-6-8(2)4-5-10(9)16)13(15,14(17,18)19)22-7-11(21)20-12/h4-6H,3,7H2,1-2H3,(H,20,21). The van der Waals surface area contributed by atoms with Gasteiger partial charge in [0.25, 0.3) is 5.06 Å². The number of nitrogens with one attached hydrogen (secondary N) is 1. The quantitative estimate of drug-likeness (QED) is 0.662. The van der Waals surface area contributed by atoms with Crippen LogP contribution in [0.5, 0.6) is 0 Å². The third kappa shape index (κ3) is 2.36. The molecule has 0 radical (unpaired) electrons. The van der Waals surface area contributed by atoms with Crippen molar-refractivity contribution in [3.05, 3.63) is 35.1 Å². The number of alkyl halides is 4. The van der Waals surface area contributed by atoms with Gasteiger partial charge in [-0.05, 0) is 19.4 Å². The second-order valence-corrected chi connectivity index (χ2v) is 5.70. The molecular weight excluding hydrogens is 326 g/mol. The summed E-state index contributed by atoms with van der Waals surface area (Å²) in [4.78, 5) is 11.6. The molecule has 1 N–H and O–H groups in total. The summed E-state index contributed by atoms with van der Waals surface area (Å²) in [7, 11) is 0. The molecule has 1 aliphatic heterocycles. The monoisotopic (exact) mass is 339 g/mol. The van der Waals surface area contributed by atoms with Gasteiger partial charge in [-0.3, -0.25) is 4.79 Å². The van der Waals surface area contributed by atoms with Crippen LogP contribution in [0.15, 0.2) is 18.2 Å². The third-order valence-electron chi connectivity index (χ3n) is 3.78. The van der Waals surface area contributed by atoms with E-state index in [1.165, 1.54) is 19.1 Å². The first-order valence-corrected chi connectivity index (χ1v) is 6.92. The van der Waals surface area contributed by atoms with Gasteiger partial charge in [-0.15, -0.1) is 0 Å². The van der Waals surface area contributed by atoms with E-state index in [1.807, 2.05) is 0 Å². The lowest BCUT2D eigenvalue weighted by atomic mass is 9.79. The SMILES string of the molecule is CCC1(c2cc(C)ccc2F)NC(=O)COC1(Cl)C(F)(F)F. The highest BCUT2D eigenvalue weighted by Crippen LogP contribution is 2.53. The molecule has 8 heteroatoms. The van der Waals surface area contributed by atoms with E-state index in [0.717, 1.165) is 6.07 Å². The number of benzene rings is 1. The van der Waals surface area contributed by atoms with E-state index in [4.69, 9.17) is 11.6 Å². The molecule has 0 bridgehead atoms. The van der Waals surface area contributed by atoms with Crippen LogP contribution in [-0.4, -0.2) is 23.8 Å². The maximum atomic E-state index is 14.2. The Hall–Kier alpha value is -1.34. The van der Waals surface area contributed by atoms with Crippen LogP contribution in [0, 0.1) is 12.7 Å². The molecule has 1 aromatic rings. The fourth-order valence-corrected chi connectivity index (χ4v) is 3.02. The van der Waals surface area contributed by atoms with Crippen molar-refractivity contribution < 1.29 is 27.1 Å². The number of hydrogen-bond acceptors (Lipinski definition) is 2. The van der Waals surface area contributed by atoms with Gasteiger partial charge in [-0.2, -0.15) is 13.2 Å². The van der Waals surface area contributed by atoms with Gasteiger partial charge in [0.05, 0.1) is 0 Å². The Morgan fingerprint density at radius 1 is 1.41 bits per heavy atom. The van der Waals surface area contributed by atoms with Crippen molar-refractivity contribution in [1.29, 1.82) is 0 Å². The van der Waals surface area contributed by atoms with E-state index in [0.29, 0.717) is 5.56 Å². The van der Waals surface area contributed by atoms with Crippen molar-refractivity contribution in [2.75, 3.05) is 6.61 Å². The molecule has 1 aliphatic rings. The van der Waals surface area contributed by atoms with E-state index in [1.54, 1.807) is 6.92 Å². The van der Waals surface area contributed by atoms with Gasteiger partial charge >= 0.3 is 6.18 Å². The van der Waals surface area contributed by atoms with Crippen molar-refractivity contribution in [1.82, 2.24) is 5.32 Å². The zero-order valence-electron chi connectivity index (χ0n) is 11.9. The third-order valence-corrected chi connectivity index (χ3v) is 4.43. The highest BCUT2D eigenvalue weighted by molar-refractivity contribution is 6.25. The van der Waals surface area contributed by atoms with Gasteiger partial charge in [0.2, 0.25) is 5.91 Å². The number of hydrogen-bond donors (Lipinski definition) is 1. The molecule has 3 nitrogen and oxygen atoms in total. The number of amides is 1. The number of morpholine rings is 1. The Labute approximate surface area is 129 Å². The molecule has 1 fully saturated rings. The minimum Gasteiger partial charge on any atom is -0.340 e. The molecule has 2 unspecified atom stereocenters. The number of carbonyl (C=O) groups is 1. The zero-order valence-corrected chi connectivity index (χ0v) is 12.6. The molecule has 0 saturated carbocycles. The lowest BCUT2D eigenvalue weighted by Crippen LogP contribution is -2.70. The van der Waals surface area contributed by atoms with E-state index in [-0.39, 0.29) is 12.0 Å². The molecule has 0 aromatic heterocycles. The zero-order chi connectivity index (χ0) is 16.8. The molecule has 22 heavy (non-hydrogen) atoms. The maximum Gasteiger partial charge on any atom is 0.434 e. The summed E-state index contributed by atoms with van der Waals surface area (Å²) in [6.45, 7) is 2.12. The number of carbonyl (C=O) groups excluding carboxylic acids is 1. The van der Waals surface area contributed by atoms with Crippen LogP contribution >= 0.6 is 11.6 Å². The summed E-state index contributed by atoms with van der Waals surface area (Å²) < 4.78 is 59.4. The van der Waals surface area contributed by atoms with Crippen molar-refractivity contribution in [2.45, 2.75) is 37.0 Å². The molecule has 1 heterocycles. The van der Waals surface area contributed by atoms with Gasteiger partial charge in [-0.25, -0.2) is 4.39 Å². The summed E-state index contributed by atoms with van der Waals surface area (Å²) in [5, 5.41) is -1.05. The summed E-state index contributed by atoms with van der Waals surface area (Å²) in [5.74, 6) is -1.68. The van der Waals surface area contributed by atoms with Crippen LogP contribution in [0.1, 0.15) is 24.5 Å². The van der Waals surface area contributed by atoms with Crippen molar-refractivity contribution in [2.24, 2.45) is 0 Å². The summed E-state index contributed by atoms with van der Waals surface area (Å²) >= 11 is 5.77. The summed E-state index contributed by atoms with van der Waals surface area (Å²) in [6.07, 6.45) is -5.32. The first kappa shape index (κ1) is 17.0. The second kappa shape index (κ2) is 5.38. The summed E-state index contributed by atoms with van der Waals surface area (Å²) in [6, 6.07) is 3.68. The van der Waals surface area contributed by atoms with Gasteiger partial charge in [0, 0.05) is 5.56 Å². The van der Waals surface area contributed by atoms with E-state index in [9.17, 15) is 22.4 Å². The Morgan fingerprint density at radius 3 is 2.59 bits per heavy atom. The van der Waals surface area contributed by atoms with E-state index >= 15 is 0 Å². The van der Waals surface area contributed by atoms with Crippen molar-refractivity contribution in [3.8, 4) is 0 Å². The van der Waals surface area contributed by atoms with Crippen molar-refractivity contribution in [3.63, 3.8) is 0 Å². The van der Waals surface area contributed by atoms with E-state index in [2.05, 4.69) is 10.1 Å². The molecule has 122 valence electrons. The largest absolute Gasteiger partial charge is 0.434 e. The minimum absolute atomic E-state index is 0.303. The number of halogens is 5. The fourth-order valence-electron chi connectivity index (χ4n) is 2.68. The molecule has 2 rings (SSSR count). The molecule has 1 amide bonds. The number of rotatable bonds is 2. The number of ether oxygens (including phenoxy) is 1. The van der Waals surface area contributed by atoms with E-state index < -0.39 is 35.1 Å². The molecule has 0 aliphatic carbocycles. The Balaban J connectivity index is 2.75. The van der Waals surface area contributed by atoms with Gasteiger partial charge in [-0.1, -0.05) is 36.2 Å². The molecular formula is C14H14ClF4NO2. The lowest BCUT2D eigenvalue weighted by Gasteiger charge is -2.49. The van der Waals surface area contributed by atoms with Gasteiger partial charge in [0.1, 0.15) is 18.0 Å². The average molecular weight is 340 g/mol. The Bertz CT molecular complexity index is 607. The molecule has 1 saturated heterocycles.